The zero-order chi connectivity index (χ0) is 18.7. The van der Waals surface area contributed by atoms with Crippen molar-refractivity contribution in [2.75, 3.05) is 6.54 Å². The van der Waals surface area contributed by atoms with E-state index >= 15 is 0 Å². The van der Waals surface area contributed by atoms with Crippen LogP contribution in [0.3, 0.4) is 0 Å². The number of hydrogen-bond donors (Lipinski definition) is 3. The first kappa shape index (κ1) is 18.1. The lowest BCUT2D eigenvalue weighted by atomic mass is 10.0. The number of hydrogen-bond acceptors (Lipinski definition) is 5. The van der Waals surface area contributed by atoms with Crippen LogP contribution in [-0.4, -0.2) is 41.1 Å². The van der Waals surface area contributed by atoms with Crippen molar-refractivity contribution >= 4 is 23.6 Å². The molecule has 3 rings (SSSR count). The van der Waals surface area contributed by atoms with Gasteiger partial charge in [0.2, 0.25) is 17.7 Å². The van der Waals surface area contributed by atoms with E-state index in [1.165, 1.54) is 4.90 Å². The summed E-state index contributed by atoms with van der Waals surface area (Å²) in [5.74, 6) is -1.04. The number of carbonyl (C=O) groups excluding carboxylic acids is 4. The summed E-state index contributed by atoms with van der Waals surface area (Å²) in [6.45, 7) is 1.09. The number of rotatable bonds is 6. The van der Waals surface area contributed by atoms with E-state index in [0.717, 1.165) is 11.1 Å². The zero-order valence-corrected chi connectivity index (χ0v) is 14.4. The molecule has 1 aromatic carbocycles. The van der Waals surface area contributed by atoms with Crippen LogP contribution in [-0.2, 0) is 27.5 Å². The van der Waals surface area contributed by atoms with Gasteiger partial charge in [-0.25, -0.2) is 0 Å². The highest BCUT2D eigenvalue weighted by molar-refractivity contribution is 6.05. The topological polar surface area (TPSA) is 122 Å². The molecule has 0 saturated carbocycles. The molecule has 4 amide bonds. The molecule has 1 aromatic rings. The van der Waals surface area contributed by atoms with Gasteiger partial charge in [0.25, 0.3) is 5.91 Å². The van der Waals surface area contributed by atoms with Crippen LogP contribution in [0.25, 0.3) is 0 Å². The Hall–Kier alpha value is -2.74. The maximum atomic E-state index is 12.7. The van der Waals surface area contributed by atoms with E-state index in [2.05, 4.69) is 10.6 Å². The smallest absolute Gasteiger partial charge is 0.255 e. The maximum absolute atomic E-state index is 12.7. The van der Waals surface area contributed by atoms with Gasteiger partial charge in [0.05, 0.1) is 0 Å². The number of benzene rings is 1. The molecule has 0 spiro atoms. The number of nitrogens with two attached hydrogens (primary N) is 1. The second kappa shape index (κ2) is 7.65. The molecule has 4 N–H and O–H groups in total. The monoisotopic (exact) mass is 358 g/mol. The minimum atomic E-state index is -0.639. The lowest BCUT2D eigenvalue weighted by molar-refractivity contribution is -0.137. The van der Waals surface area contributed by atoms with E-state index in [-0.39, 0.29) is 24.1 Å². The number of imide groups is 1. The molecule has 0 bridgehead atoms. The lowest BCUT2D eigenvalue weighted by Gasteiger charge is -2.29. The molecule has 1 unspecified atom stereocenters. The molecule has 0 aliphatic carbocycles. The van der Waals surface area contributed by atoms with Crippen LogP contribution < -0.4 is 16.4 Å². The van der Waals surface area contributed by atoms with Gasteiger partial charge in [0, 0.05) is 31.5 Å². The van der Waals surface area contributed by atoms with Crippen LogP contribution in [0.2, 0.25) is 0 Å². The number of fused-ring (bicyclic) bond motifs is 1. The Morgan fingerprint density at radius 2 is 2.12 bits per heavy atom. The highest BCUT2D eigenvalue weighted by Gasteiger charge is 2.39. The summed E-state index contributed by atoms with van der Waals surface area (Å²) in [4.78, 5) is 49.4. The van der Waals surface area contributed by atoms with Crippen molar-refractivity contribution < 1.29 is 19.2 Å². The third-order valence-electron chi connectivity index (χ3n) is 4.76. The van der Waals surface area contributed by atoms with Gasteiger partial charge >= 0.3 is 0 Å². The number of amides is 4. The van der Waals surface area contributed by atoms with E-state index < -0.39 is 11.9 Å². The van der Waals surface area contributed by atoms with Crippen molar-refractivity contribution in [3.8, 4) is 0 Å². The van der Waals surface area contributed by atoms with Crippen LogP contribution in [0.5, 0.6) is 0 Å². The number of piperidine rings is 1. The van der Waals surface area contributed by atoms with Crippen LogP contribution in [0, 0.1) is 0 Å². The Morgan fingerprint density at radius 1 is 1.31 bits per heavy atom. The Morgan fingerprint density at radius 3 is 2.85 bits per heavy atom. The van der Waals surface area contributed by atoms with Gasteiger partial charge in [-0.05, 0) is 36.6 Å². The highest BCUT2D eigenvalue weighted by Crippen LogP contribution is 2.29. The summed E-state index contributed by atoms with van der Waals surface area (Å²) in [6, 6.07) is 4.72. The standard InChI is InChI=1S/C18H22N4O4/c19-8-2-5-15(23)20-9-11-3-1-4-12-13(11)10-22(18(12)26)14-6-7-16(24)21-17(14)25/h1,3-4,14H,2,5-10,19H2,(H,20,23)(H,21,24,25). The normalized spacial score (nSPS) is 19.3. The Kier molecular flexibility index (Phi) is 5.32. The van der Waals surface area contributed by atoms with Crippen LogP contribution in [0.15, 0.2) is 18.2 Å². The molecule has 0 radical (unpaired) electrons. The summed E-state index contributed by atoms with van der Waals surface area (Å²) in [5.41, 5.74) is 7.62. The molecule has 0 aromatic heterocycles. The van der Waals surface area contributed by atoms with E-state index in [0.29, 0.717) is 44.5 Å². The SMILES string of the molecule is NCCCC(=O)NCc1cccc2c1CN(C1CCC(=O)NC1=O)C2=O. The summed E-state index contributed by atoms with van der Waals surface area (Å²) in [6.07, 6.45) is 1.55. The highest BCUT2D eigenvalue weighted by atomic mass is 16.2. The van der Waals surface area contributed by atoms with Gasteiger partial charge in [-0.1, -0.05) is 12.1 Å². The largest absolute Gasteiger partial charge is 0.352 e. The molecule has 2 aliphatic heterocycles. The third kappa shape index (κ3) is 3.60. The third-order valence-corrected chi connectivity index (χ3v) is 4.76. The molecule has 138 valence electrons. The minimum absolute atomic E-state index is 0.0839. The van der Waals surface area contributed by atoms with Gasteiger partial charge < -0.3 is 16.0 Å². The Labute approximate surface area is 151 Å². The van der Waals surface area contributed by atoms with Crippen molar-refractivity contribution in [1.82, 2.24) is 15.5 Å². The van der Waals surface area contributed by atoms with Crippen molar-refractivity contribution in [3.05, 3.63) is 34.9 Å². The molecular weight excluding hydrogens is 336 g/mol. The van der Waals surface area contributed by atoms with E-state index in [1.54, 1.807) is 12.1 Å². The molecule has 8 heteroatoms. The van der Waals surface area contributed by atoms with E-state index in [4.69, 9.17) is 5.73 Å². The molecule has 8 nitrogen and oxygen atoms in total. The minimum Gasteiger partial charge on any atom is -0.352 e. The fourth-order valence-corrected chi connectivity index (χ4v) is 3.36. The summed E-state index contributed by atoms with van der Waals surface area (Å²) in [5, 5.41) is 5.13. The summed E-state index contributed by atoms with van der Waals surface area (Å²) in [7, 11) is 0. The predicted molar refractivity (Wildman–Crippen MR) is 92.6 cm³/mol. The van der Waals surface area contributed by atoms with Crippen LogP contribution in [0.4, 0.5) is 0 Å². The average molecular weight is 358 g/mol. The lowest BCUT2D eigenvalue weighted by Crippen LogP contribution is -2.52. The molecule has 2 heterocycles. The second-order valence-corrected chi connectivity index (χ2v) is 6.51. The van der Waals surface area contributed by atoms with Crippen molar-refractivity contribution in [2.24, 2.45) is 5.73 Å². The number of nitrogens with one attached hydrogen (secondary N) is 2. The van der Waals surface area contributed by atoms with Crippen molar-refractivity contribution in [1.29, 1.82) is 0 Å². The molecule has 1 fully saturated rings. The molecule has 2 aliphatic rings. The summed E-state index contributed by atoms with van der Waals surface area (Å²) < 4.78 is 0. The molecular formula is C18H22N4O4. The number of carbonyl (C=O) groups is 4. The van der Waals surface area contributed by atoms with Crippen LogP contribution >= 0.6 is 0 Å². The van der Waals surface area contributed by atoms with Crippen molar-refractivity contribution in [2.45, 2.75) is 44.8 Å². The van der Waals surface area contributed by atoms with Gasteiger partial charge in [-0.3, -0.25) is 24.5 Å². The first-order valence-electron chi connectivity index (χ1n) is 8.73. The second-order valence-electron chi connectivity index (χ2n) is 6.51. The van der Waals surface area contributed by atoms with Crippen LogP contribution in [0.1, 0.15) is 47.2 Å². The number of nitrogens with zero attached hydrogens (tertiary/aromatic N) is 1. The fraction of sp³-hybridized carbons (Fsp3) is 0.444. The first-order chi connectivity index (χ1) is 12.5. The Bertz CT molecular complexity index is 762. The summed E-state index contributed by atoms with van der Waals surface area (Å²) >= 11 is 0. The Balaban J connectivity index is 1.72. The maximum Gasteiger partial charge on any atom is 0.255 e. The van der Waals surface area contributed by atoms with E-state index in [9.17, 15) is 19.2 Å². The molecule has 1 atom stereocenters. The van der Waals surface area contributed by atoms with Crippen molar-refractivity contribution in [3.63, 3.8) is 0 Å². The van der Waals surface area contributed by atoms with Gasteiger partial charge in [0.15, 0.2) is 0 Å². The van der Waals surface area contributed by atoms with Gasteiger partial charge in [0.1, 0.15) is 6.04 Å². The van der Waals surface area contributed by atoms with E-state index in [1.807, 2.05) is 6.07 Å². The molecule has 1 saturated heterocycles. The van der Waals surface area contributed by atoms with Gasteiger partial charge in [-0.2, -0.15) is 0 Å². The van der Waals surface area contributed by atoms with Gasteiger partial charge in [-0.15, -0.1) is 0 Å². The predicted octanol–water partition coefficient (Wildman–Crippen LogP) is -0.197. The zero-order valence-electron chi connectivity index (χ0n) is 14.4. The average Bonchev–Trinajstić information content (AvgIpc) is 2.95. The fourth-order valence-electron chi connectivity index (χ4n) is 3.36. The first-order valence-corrected chi connectivity index (χ1v) is 8.73. The molecule has 26 heavy (non-hydrogen) atoms. The quantitative estimate of drug-likeness (QED) is 0.608.